The Morgan fingerprint density at radius 2 is 1.89 bits per heavy atom. The molecule has 0 atom stereocenters. The molecule has 0 saturated heterocycles. The Labute approximate surface area is 161 Å². The van der Waals surface area contributed by atoms with Crippen molar-refractivity contribution in [3.63, 3.8) is 0 Å². The molecule has 0 saturated carbocycles. The number of amides is 1. The lowest BCUT2D eigenvalue weighted by Gasteiger charge is -2.14. The molecule has 144 valence electrons. The zero-order valence-electron chi connectivity index (χ0n) is 15.3. The average Bonchev–Trinajstić information content (AvgIpc) is 3.17. The number of hydrogen-bond acceptors (Lipinski definition) is 6. The maximum atomic E-state index is 12.2. The normalized spacial score (nSPS) is 10.7. The number of ether oxygens (including phenoxy) is 2. The van der Waals surface area contributed by atoms with E-state index in [1.54, 1.807) is 6.08 Å². The second-order valence-electron chi connectivity index (χ2n) is 5.61. The second kappa shape index (κ2) is 10.3. The molecule has 1 aromatic carbocycles. The van der Waals surface area contributed by atoms with E-state index in [0.29, 0.717) is 24.7 Å². The van der Waals surface area contributed by atoms with Crippen LogP contribution in [0.2, 0.25) is 0 Å². The largest absolute Gasteiger partial charge is 0.490 e. The van der Waals surface area contributed by atoms with E-state index in [9.17, 15) is 14.9 Å². The molecule has 27 heavy (non-hydrogen) atoms. The van der Waals surface area contributed by atoms with Gasteiger partial charge in [-0.15, -0.1) is 11.3 Å². The van der Waals surface area contributed by atoms with Crippen LogP contribution in [0, 0.1) is 10.1 Å². The monoisotopic (exact) mass is 390 g/mol. The summed E-state index contributed by atoms with van der Waals surface area (Å²) in [6.45, 7) is 4.74. The first-order chi connectivity index (χ1) is 13.0. The highest BCUT2D eigenvalue weighted by molar-refractivity contribution is 7.10. The van der Waals surface area contributed by atoms with Gasteiger partial charge in [-0.25, -0.2) is 0 Å². The fourth-order valence-corrected chi connectivity index (χ4v) is 2.79. The fraction of sp³-hybridized carbons (Fsp3) is 0.316. The summed E-state index contributed by atoms with van der Waals surface area (Å²) >= 11 is 1.49. The van der Waals surface area contributed by atoms with Crippen molar-refractivity contribution in [2.45, 2.75) is 26.7 Å². The van der Waals surface area contributed by atoms with E-state index in [2.05, 4.69) is 5.32 Å². The molecule has 0 aliphatic rings. The SMILES string of the molecule is CCCOc1cc(NC(=O)/C=C/c2cccs2)c([N+](=O)[O-])cc1OCCC. The van der Waals surface area contributed by atoms with E-state index in [4.69, 9.17) is 9.47 Å². The van der Waals surface area contributed by atoms with Gasteiger partial charge in [-0.05, 0) is 30.4 Å². The minimum Gasteiger partial charge on any atom is -0.490 e. The van der Waals surface area contributed by atoms with E-state index >= 15 is 0 Å². The van der Waals surface area contributed by atoms with Crippen LogP contribution in [-0.2, 0) is 4.79 Å². The van der Waals surface area contributed by atoms with E-state index in [-0.39, 0.29) is 11.4 Å². The van der Waals surface area contributed by atoms with Gasteiger partial charge in [0.25, 0.3) is 5.69 Å². The van der Waals surface area contributed by atoms with Crippen molar-refractivity contribution in [3.8, 4) is 11.5 Å². The van der Waals surface area contributed by atoms with Gasteiger partial charge in [-0.1, -0.05) is 19.9 Å². The standard InChI is InChI=1S/C19H22N2O5S/c1-3-9-25-17-12-15(16(21(23)24)13-18(17)26-10-4-2)20-19(22)8-7-14-6-5-11-27-14/h5-8,11-13H,3-4,9-10H2,1-2H3,(H,20,22)/b8-7+. The molecule has 1 heterocycles. The molecule has 0 aliphatic heterocycles. The molecule has 1 amide bonds. The van der Waals surface area contributed by atoms with Crippen molar-refractivity contribution in [2.24, 2.45) is 0 Å². The average molecular weight is 390 g/mol. The molecule has 0 aliphatic carbocycles. The van der Waals surface area contributed by atoms with Gasteiger partial charge in [0.2, 0.25) is 5.91 Å². The molecular weight excluding hydrogens is 368 g/mol. The van der Waals surface area contributed by atoms with E-state index in [0.717, 1.165) is 17.7 Å². The van der Waals surface area contributed by atoms with Crippen molar-refractivity contribution in [1.82, 2.24) is 0 Å². The number of thiophene rings is 1. The molecule has 8 heteroatoms. The Morgan fingerprint density at radius 3 is 2.44 bits per heavy atom. The van der Waals surface area contributed by atoms with E-state index < -0.39 is 10.8 Å². The third-order valence-corrected chi connectivity index (χ3v) is 4.22. The summed E-state index contributed by atoms with van der Waals surface area (Å²) in [5, 5.41) is 15.9. The predicted octanol–water partition coefficient (Wildman–Crippen LogP) is 4.89. The Hall–Kier alpha value is -2.87. The fourth-order valence-electron chi connectivity index (χ4n) is 2.17. The second-order valence-corrected chi connectivity index (χ2v) is 6.59. The summed E-state index contributed by atoms with van der Waals surface area (Å²) in [4.78, 5) is 24.0. The van der Waals surface area contributed by atoms with Crippen LogP contribution in [0.15, 0.2) is 35.7 Å². The number of rotatable bonds is 10. The number of nitrogens with one attached hydrogen (secondary N) is 1. The van der Waals surface area contributed by atoms with E-state index in [1.807, 2.05) is 31.4 Å². The highest BCUT2D eigenvalue weighted by Gasteiger charge is 2.21. The lowest BCUT2D eigenvalue weighted by atomic mass is 10.2. The summed E-state index contributed by atoms with van der Waals surface area (Å²) in [6.07, 6.45) is 4.52. The highest BCUT2D eigenvalue weighted by atomic mass is 32.1. The van der Waals surface area contributed by atoms with Crippen LogP contribution >= 0.6 is 11.3 Å². The number of benzene rings is 1. The number of carbonyl (C=O) groups is 1. The van der Waals surface area contributed by atoms with Gasteiger partial charge in [-0.3, -0.25) is 14.9 Å². The maximum absolute atomic E-state index is 12.2. The number of carbonyl (C=O) groups excluding carboxylic acids is 1. The minimum absolute atomic E-state index is 0.0655. The third kappa shape index (κ3) is 6.10. The summed E-state index contributed by atoms with van der Waals surface area (Å²) in [5.41, 5.74) is -0.182. The highest BCUT2D eigenvalue weighted by Crippen LogP contribution is 2.38. The van der Waals surface area contributed by atoms with Crippen LogP contribution < -0.4 is 14.8 Å². The van der Waals surface area contributed by atoms with Crippen molar-refractivity contribution in [3.05, 3.63) is 50.7 Å². The van der Waals surface area contributed by atoms with Crippen LogP contribution in [0.5, 0.6) is 11.5 Å². The minimum atomic E-state index is -0.555. The topological polar surface area (TPSA) is 90.7 Å². The summed E-state index contributed by atoms with van der Waals surface area (Å²) in [6, 6.07) is 6.47. The molecular formula is C19H22N2O5S. The zero-order valence-corrected chi connectivity index (χ0v) is 16.1. The predicted molar refractivity (Wildman–Crippen MR) is 107 cm³/mol. The number of nitro groups is 1. The molecule has 0 fully saturated rings. The molecule has 2 rings (SSSR count). The number of nitrogens with zero attached hydrogens (tertiary/aromatic N) is 1. The van der Waals surface area contributed by atoms with Gasteiger partial charge >= 0.3 is 0 Å². The lowest BCUT2D eigenvalue weighted by Crippen LogP contribution is -2.11. The smallest absolute Gasteiger partial charge is 0.296 e. The Bertz CT molecular complexity index is 803. The Kier molecular flexibility index (Phi) is 7.81. The van der Waals surface area contributed by atoms with Crippen molar-refractivity contribution in [2.75, 3.05) is 18.5 Å². The van der Waals surface area contributed by atoms with Crippen LogP contribution in [0.4, 0.5) is 11.4 Å². The van der Waals surface area contributed by atoms with Gasteiger partial charge in [0.05, 0.1) is 24.2 Å². The number of nitro benzene ring substituents is 1. The third-order valence-electron chi connectivity index (χ3n) is 3.38. The summed E-state index contributed by atoms with van der Waals surface area (Å²) in [7, 11) is 0. The quantitative estimate of drug-likeness (QED) is 0.354. The van der Waals surface area contributed by atoms with Gasteiger partial charge in [0, 0.05) is 17.0 Å². The Balaban J connectivity index is 2.28. The van der Waals surface area contributed by atoms with Gasteiger partial charge in [-0.2, -0.15) is 0 Å². The molecule has 0 unspecified atom stereocenters. The zero-order chi connectivity index (χ0) is 19.6. The number of hydrogen-bond donors (Lipinski definition) is 1. The molecule has 2 aromatic rings. The van der Waals surface area contributed by atoms with Gasteiger partial charge in [0.1, 0.15) is 5.69 Å². The van der Waals surface area contributed by atoms with Crippen molar-refractivity contribution >= 4 is 34.7 Å². The molecule has 1 aromatic heterocycles. The van der Waals surface area contributed by atoms with Crippen LogP contribution in [0.1, 0.15) is 31.6 Å². The molecule has 7 nitrogen and oxygen atoms in total. The lowest BCUT2D eigenvalue weighted by molar-refractivity contribution is -0.384. The molecule has 0 spiro atoms. The summed E-state index contributed by atoms with van der Waals surface area (Å²) in [5.74, 6) is 0.202. The first-order valence-corrected chi connectivity index (χ1v) is 9.53. The van der Waals surface area contributed by atoms with Gasteiger partial charge < -0.3 is 14.8 Å². The molecule has 0 radical (unpaired) electrons. The Morgan fingerprint density at radius 1 is 1.22 bits per heavy atom. The van der Waals surface area contributed by atoms with Crippen molar-refractivity contribution < 1.29 is 19.2 Å². The molecule has 1 N–H and O–H groups in total. The summed E-state index contributed by atoms with van der Waals surface area (Å²) < 4.78 is 11.2. The number of anilines is 1. The van der Waals surface area contributed by atoms with E-state index in [1.165, 1.54) is 29.5 Å². The molecule has 0 bridgehead atoms. The van der Waals surface area contributed by atoms with Crippen LogP contribution in [-0.4, -0.2) is 24.0 Å². The van der Waals surface area contributed by atoms with Crippen LogP contribution in [0.3, 0.4) is 0 Å². The van der Waals surface area contributed by atoms with Crippen molar-refractivity contribution in [1.29, 1.82) is 0 Å². The van der Waals surface area contributed by atoms with Crippen LogP contribution in [0.25, 0.3) is 6.08 Å². The maximum Gasteiger partial charge on any atom is 0.296 e. The first kappa shape index (κ1) is 20.4. The van der Waals surface area contributed by atoms with Gasteiger partial charge in [0.15, 0.2) is 11.5 Å². The first-order valence-electron chi connectivity index (χ1n) is 8.65.